The molecule has 1 saturated heterocycles. The summed E-state index contributed by atoms with van der Waals surface area (Å²) in [6.45, 7) is 0.638. The number of benzene rings is 1. The summed E-state index contributed by atoms with van der Waals surface area (Å²) in [6.07, 6.45) is 3.34. The van der Waals surface area contributed by atoms with Gasteiger partial charge in [0.2, 0.25) is 0 Å². The molecule has 0 saturated carbocycles. The molecule has 6 heteroatoms. The number of amides is 1. The van der Waals surface area contributed by atoms with E-state index in [0.717, 1.165) is 18.6 Å². The summed E-state index contributed by atoms with van der Waals surface area (Å²) in [5, 5.41) is 9.12. The van der Waals surface area contributed by atoms with Crippen molar-refractivity contribution in [3.05, 3.63) is 58.0 Å². The number of carbonyl (C=O) groups is 2. The maximum atomic E-state index is 12.8. The molecule has 1 amide bonds. The van der Waals surface area contributed by atoms with Gasteiger partial charge in [0, 0.05) is 16.6 Å². The van der Waals surface area contributed by atoms with Crippen LogP contribution in [-0.2, 0) is 0 Å². The third-order valence-corrected chi connectivity index (χ3v) is 4.23. The molecule has 1 aromatic heterocycles. The van der Waals surface area contributed by atoms with Crippen LogP contribution in [-0.4, -0.2) is 28.4 Å². The van der Waals surface area contributed by atoms with Gasteiger partial charge in [-0.15, -0.1) is 0 Å². The average molecular weight is 364 g/mol. The fourth-order valence-corrected chi connectivity index (χ4v) is 3.28. The van der Waals surface area contributed by atoms with Crippen molar-refractivity contribution in [2.75, 3.05) is 6.54 Å². The number of hydrogen-bond acceptors (Lipinski definition) is 3. The monoisotopic (exact) mass is 363 g/mol. The van der Waals surface area contributed by atoms with Crippen molar-refractivity contribution < 1.29 is 19.1 Å². The molecular formula is C16H14BrNO4. The molecule has 1 aliphatic rings. The summed E-state index contributed by atoms with van der Waals surface area (Å²) < 4.78 is 6.00. The number of rotatable bonds is 3. The Morgan fingerprint density at radius 1 is 1.27 bits per heavy atom. The van der Waals surface area contributed by atoms with Crippen LogP contribution in [0.4, 0.5) is 0 Å². The molecule has 0 radical (unpaired) electrons. The number of carboxylic acids is 1. The Balaban J connectivity index is 1.92. The molecular weight excluding hydrogens is 350 g/mol. The van der Waals surface area contributed by atoms with Gasteiger partial charge in [-0.1, -0.05) is 15.9 Å². The normalized spacial score (nSPS) is 17.7. The third-order valence-electron chi connectivity index (χ3n) is 3.78. The maximum absolute atomic E-state index is 12.8. The molecule has 5 nitrogen and oxygen atoms in total. The fraction of sp³-hybridized carbons (Fsp3) is 0.250. The Morgan fingerprint density at radius 3 is 2.73 bits per heavy atom. The van der Waals surface area contributed by atoms with Crippen molar-refractivity contribution in [3.63, 3.8) is 0 Å². The van der Waals surface area contributed by atoms with E-state index in [1.165, 1.54) is 12.1 Å². The van der Waals surface area contributed by atoms with Crippen LogP contribution in [0.5, 0.6) is 0 Å². The zero-order valence-electron chi connectivity index (χ0n) is 11.7. The number of aromatic carboxylic acids is 1. The van der Waals surface area contributed by atoms with Gasteiger partial charge in [-0.25, -0.2) is 4.79 Å². The Morgan fingerprint density at radius 2 is 2.05 bits per heavy atom. The molecule has 1 N–H and O–H groups in total. The fourth-order valence-electron chi connectivity index (χ4n) is 2.79. The summed E-state index contributed by atoms with van der Waals surface area (Å²) in [5.41, 5.74) is 0.455. The quantitative estimate of drug-likeness (QED) is 0.901. The van der Waals surface area contributed by atoms with Crippen LogP contribution in [0.1, 0.15) is 45.4 Å². The molecule has 22 heavy (non-hydrogen) atoms. The Hall–Kier alpha value is -2.08. The summed E-state index contributed by atoms with van der Waals surface area (Å²) in [5.74, 6) is -0.471. The SMILES string of the molecule is O=C(O)c1cc(Br)cc(C(=O)N2CCCC2c2ccco2)c1. The molecule has 1 aliphatic heterocycles. The summed E-state index contributed by atoms with van der Waals surface area (Å²) in [7, 11) is 0. The van der Waals surface area contributed by atoms with E-state index in [-0.39, 0.29) is 17.5 Å². The Labute approximate surface area is 135 Å². The van der Waals surface area contributed by atoms with Gasteiger partial charge in [0.15, 0.2) is 0 Å². The number of carbonyl (C=O) groups excluding carboxylic acids is 1. The molecule has 0 aliphatic carbocycles. The van der Waals surface area contributed by atoms with E-state index < -0.39 is 5.97 Å². The molecule has 1 aromatic carbocycles. The van der Waals surface area contributed by atoms with Crippen molar-refractivity contribution in [1.29, 1.82) is 0 Å². The van der Waals surface area contributed by atoms with Gasteiger partial charge in [-0.2, -0.15) is 0 Å². The maximum Gasteiger partial charge on any atom is 0.335 e. The van der Waals surface area contributed by atoms with Crippen LogP contribution in [0, 0.1) is 0 Å². The minimum Gasteiger partial charge on any atom is -0.478 e. The van der Waals surface area contributed by atoms with E-state index in [4.69, 9.17) is 9.52 Å². The van der Waals surface area contributed by atoms with E-state index in [2.05, 4.69) is 15.9 Å². The van der Waals surface area contributed by atoms with Crippen LogP contribution in [0.2, 0.25) is 0 Å². The second-order valence-corrected chi connectivity index (χ2v) is 6.12. The molecule has 1 fully saturated rings. The largest absolute Gasteiger partial charge is 0.478 e. The molecule has 2 aromatic rings. The van der Waals surface area contributed by atoms with E-state index >= 15 is 0 Å². The average Bonchev–Trinajstić information content (AvgIpc) is 3.16. The smallest absolute Gasteiger partial charge is 0.335 e. The first-order chi connectivity index (χ1) is 10.6. The van der Waals surface area contributed by atoms with Crippen LogP contribution < -0.4 is 0 Å². The molecule has 3 rings (SSSR count). The second kappa shape index (κ2) is 5.96. The number of hydrogen-bond donors (Lipinski definition) is 1. The predicted molar refractivity (Wildman–Crippen MR) is 82.8 cm³/mol. The highest BCUT2D eigenvalue weighted by atomic mass is 79.9. The number of furan rings is 1. The minimum absolute atomic E-state index is 0.0882. The third kappa shape index (κ3) is 2.78. The molecule has 0 bridgehead atoms. The van der Waals surface area contributed by atoms with Gasteiger partial charge in [0.25, 0.3) is 5.91 Å². The van der Waals surface area contributed by atoms with Crippen molar-refractivity contribution in [1.82, 2.24) is 4.90 Å². The minimum atomic E-state index is -1.06. The molecule has 1 atom stereocenters. The first-order valence-electron chi connectivity index (χ1n) is 6.94. The van der Waals surface area contributed by atoms with Crippen LogP contribution in [0.15, 0.2) is 45.5 Å². The lowest BCUT2D eigenvalue weighted by Gasteiger charge is -2.23. The number of likely N-dealkylation sites (tertiary alicyclic amines) is 1. The molecule has 1 unspecified atom stereocenters. The van der Waals surface area contributed by atoms with Gasteiger partial charge in [0.05, 0.1) is 17.9 Å². The lowest BCUT2D eigenvalue weighted by Crippen LogP contribution is -2.30. The lowest BCUT2D eigenvalue weighted by atomic mass is 10.1. The van der Waals surface area contributed by atoms with Gasteiger partial charge in [0.1, 0.15) is 5.76 Å². The van der Waals surface area contributed by atoms with Crippen molar-refractivity contribution >= 4 is 27.8 Å². The summed E-state index contributed by atoms with van der Waals surface area (Å²) in [6, 6.07) is 8.11. The van der Waals surface area contributed by atoms with Crippen molar-refractivity contribution in [2.24, 2.45) is 0 Å². The Bertz CT molecular complexity index is 711. The zero-order chi connectivity index (χ0) is 15.7. The highest BCUT2D eigenvalue weighted by Gasteiger charge is 2.32. The van der Waals surface area contributed by atoms with Crippen LogP contribution >= 0.6 is 15.9 Å². The van der Waals surface area contributed by atoms with Gasteiger partial charge in [-0.05, 0) is 43.2 Å². The van der Waals surface area contributed by atoms with Crippen LogP contribution in [0.25, 0.3) is 0 Å². The Kier molecular flexibility index (Phi) is 4.02. The number of carboxylic acid groups (broad SMARTS) is 1. The van der Waals surface area contributed by atoms with Gasteiger partial charge >= 0.3 is 5.97 Å². The van der Waals surface area contributed by atoms with Crippen molar-refractivity contribution in [2.45, 2.75) is 18.9 Å². The topological polar surface area (TPSA) is 70.8 Å². The van der Waals surface area contributed by atoms with Gasteiger partial charge < -0.3 is 14.4 Å². The number of halogens is 1. The highest BCUT2D eigenvalue weighted by Crippen LogP contribution is 2.33. The van der Waals surface area contributed by atoms with Crippen LogP contribution in [0.3, 0.4) is 0 Å². The summed E-state index contributed by atoms with van der Waals surface area (Å²) >= 11 is 3.26. The lowest BCUT2D eigenvalue weighted by molar-refractivity contribution is 0.0696. The highest BCUT2D eigenvalue weighted by molar-refractivity contribution is 9.10. The molecule has 114 valence electrons. The van der Waals surface area contributed by atoms with E-state index in [1.807, 2.05) is 6.07 Å². The van der Waals surface area contributed by atoms with Gasteiger partial charge in [-0.3, -0.25) is 4.79 Å². The van der Waals surface area contributed by atoms with E-state index in [1.54, 1.807) is 23.3 Å². The van der Waals surface area contributed by atoms with Crippen molar-refractivity contribution in [3.8, 4) is 0 Å². The first kappa shape index (κ1) is 14.8. The van der Waals surface area contributed by atoms with E-state index in [9.17, 15) is 9.59 Å². The summed E-state index contributed by atoms with van der Waals surface area (Å²) in [4.78, 5) is 25.6. The second-order valence-electron chi connectivity index (χ2n) is 5.21. The molecule has 0 spiro atoms. The zero-order valence-corrected chi connectivity index (χ0v) is 13.2. The predicted octanol–water partition coefficient (Wildman–Crippen LogP) is 3.72. The molecule has 2 heterocycles. The first-order valence-corrected chi connectivity index (χ1v) is 7.74. The van der Waals surface area contributed by atoms with E-state index in [0.29, 0.717) is 16.6 Å². The standard InChI is InChI=1S/C16H14BrNO4/c17-12-8-10(7-11(9-12)16(20)21)15(19)18-5-1-3-13(18)14-4-2-6-22-14/h2,4,6-9,13H,1,3,5H2,(H,20,21). The number of nitrogens with zero attached hydrogens (tertiary/aromatic N) is 1.